The Labute approximate surface area is 83.5 Å². The van der Waals surface area contributed by atoms with Gasteiger partial charge in [0.15, 0.2) is 0 Å². The van der Waals surface area contributed by atoms with Crippen LogP contribution in [0.15, 0.2) is 15.6 Å². The summed E-state index contributed by atoms with van der Waals surface area (Å²) in [6.07, 6.45) is 1.33. The van der Waals surface area contributed by atoms with Crippen LogP contribution >= 0.6 is 15.9 Å². The van der Waals surface area contributed by atoms with Crippen molar-refractivity contribution in [3.05, 3.63) is 21.2 Å². The highest BCUT2D eigenvalue weighted by Crippen LogP contribution is 2.16. The quantitative estimate of drug-likeness (QED) is 0.787. The Hall–Kier alpha value is -0.880. The monoisotopic (exact) mass is 247 g/mol. The number of rotatable bonds is 3. The molecule has 6 heteroatoms. The molecule has 0 amide bonds. The molecule has 0 aromatic carbocycles. The molecule has 0 aliphatic rings. The number of nitrogens with zero attached hydrogens (tertiary/aromatic N) is 2. The Kier molecular flexibility index (Phi) is 3.44. The van der Waals surface area contributed by atoms with Gasteiger partial charge in [0.2, 0.25) is 0 Å². The summed E-state index contributed by atoms with van der Waals surface area (Å²) in [5.41, 5.74) is -0.227. The lowest BCUT2D eigenvalue weighted by atomic mass is 10.5. The minimum atomic E-state index is -0.227. The van der Waals surface area contributed by atoms with Gasteiger partial charge >= 0.3 is 0 Å². The first kappa shape index (κ1) is 10.2. The predicted octanol–water partition coefficient (Wildman–Crippen LogP) is -0.0391. The highest BCUT2D eigenvalue weighted by molar-refractivity contribution is 9.10. The fourth-order valence-electron chi connectivity index (χ4n) is 0.896. The third-order valence-electron chi connectivity index (χ3n) is 1.58. The van der Waals surface area contributed by atoms with E-state index in [1.165, 1.54) is 6.33 Å². The zero-order valence-electron chi connectivity index (χ0n) is 7.12. The van der Waals surface area contributed by atoms with Crippen LogP contribution in [-0.2, 0) is 0 Å². The Morgan fingerprint density at radius 3 is 3.08 bits per heavy atom. The minimum Gasteiger partial charge on any atom is -0.395 e. The van der Waals surface area contributed by atoms with Gasteiger partial charge in [-0.05, 0) is 15.9 Å². The van der Waals surface area contributed by atoms with E-state index < -0.39 is 0 Å². The van der Waals surface area contributed by atoms with Crippen LogP contribution in [0, 0.1) is 0 Å². The molecular formula is C7H10BrN3O2. The summed E-state index contributed by atoms with van der Waals surface area (Å²) in [4.78, 5) is 19.2. The lowest BCUT2D eigenvalue weighted by Gasteiger charge is -2.16. The number of anilines is 1. The van der Waals surface area contributed by atoms with Crippen molar-refractivity contribution in [3.63, 3.8) is 0 Å². The molecule has 1 aromatic rings. The van der Waals surface area contributed by atoms with Gasteiger partial charge in [-0.2, -0.15) is 0 Å². The molecule has 1 aromatic heterocycles. The van der Waals surface area contributed by atoms with Crippen LogP contribution in [0.25, 0.3) is 0 Å². The molecule has 1 heterocycles. The standard InChI is InChI=1S/C7H10BrN3O2/c1-11(2-3-12)6-5(8)7(13)10-4-9-6/h4,12H,2-3H2,1H3,(H,9,10,13). The second kappa shape index (κ2) is 4.38. The Bertz CT molecular complexity index is 339. The van der Waals surface area contributed by atoms with Crippen molar-refractivity contribution in [1.29, 1.82) is 0 Å². The summed E-state index contributed by atoms with van der Waals surface area (Å²) in [6, 6.07) is 0. The van der Waals surface area contributed by atoms with E-state index >= 15 is 0 Å². The molecule has 13 heavy (non-hydrogen) atoms. The van der Waals surface area contributed by atoms with Crippen LogP contribution in [0.5, 0.6) is 0 Å². The zero-order valence-corrected chi connectivity index (χ0v) is 8.71. The molecule has 0 bridgehead atoms. The zero-order chi connectivity index (χ0) is 9.84. The fraction of sp³-hybridized carbons (Fsp3) is 0.429. The van der Waals surface area contributed by atoms with E-state index in [9.17, 15) is 4.79 Å². The fourth-order valence-corrected chi connectivity index (χ4v) is 1.42. The van der Waals surface area contributed by atoms with Crippen LogP contribution in [0.2, 0.25) is 0 Å². The van der Waals surface area contributed by atoms with E-state index in [4.69, 9.17) is 5.11 Å². The molecule has 5 nitrogen and oxygen atoms in total. The molecule has 0 fully saturated rings. The summed E-state index contributed by atoms with van der Waals surface area (Å²) in [7, 11) is 1.75. The highest BCUT2D eigenvalue weighted by atomic mass is 79.9. The van der Waals surface area contributed by atoms with Crippen LogP contribution in [0.1, 0.15) is 0 Å². The van der Waals surface area contributed by atoms with Gasteiger partial charge < -0.3 is 15.0 Å². The van der Waals surface area contributed by atoms with Crippen LogP contribution < -0.4 is 10.5 Å². The predicted molar refractivity (Wildman–Crippen MR) is 52.9 cm³/mol. The van der Waals surface area contributed by atoms with Crippen molar-refractivity contribution in [3.8, 4) is 0 Å². The van der Waals surface area contributed by atoms with E-state index in [2.05, 4.69) is 25.9 Å². The molecule has 0 atom stereocenters. The molecule has 72 valence electrons. The Morgan fingerprint density at radius 1 is 1.77 bits per heavy atom. The SMILES string of the molecule is CN(CCO)c1nc[nH]c(=O)c1Br. The molecule has 2 N–H and O–H groups in total. The minimum absolute atomic E-state index is 0.0252. The summed E-state index contributed by atoms with van der Waals surface area (Å²) in [5.74, 6) is 0.526. The molecule has 0 aliphatic carbocycles. The number of hydrogen-bond acceptors (Lipinski definition) is 4. The van der Waals surface area contributed by atoms with Crippen LogP contribution in [-0.4, -0.2) is 35.3 Å². The average Bonchev–Trinajstić information content (AvgIpc) is 2.10. The van der Waals surface area contributed by atoms with Crippen molar-refractivity contribution in [2.45, 2.75) is 0 Å². The van der Waals surface area contributed by atoms with E-state index in [1.807, 2.05) is 0 Å². The summed E-state index contributed by atoms with van der Waals surface area (Å²) in [6.45, 7) is 0.465. The average molecular weight is 248 g/mol. The second-order valence-corrected chi connectivity index (χ2v) is 3.31. The van der Waals surface area contributed by atoms with E-state index in [0.717, 1.165) is 0 Å². The van der Waals surface area contributed by atoms with Gasteiger partial charge in [0.25, 0.3) is 5.56 Å². The van der Waals surface area contributed by atoms with E-state index in [-0.39, 0.29) is 12.2 Å². The first-order chi connectivity index (χ1) is 6.16. The molecule has 0 unspecified atom stereocenters. The van der Waals surface area contributed by atoms with E-state index in [0.29, 0.717) is 16.8 Å². The Morgan fingerprint density at radius 2 is 2.46 bits per heavy atom. The summed E-state index contributed by atoms with van der Waals surface area (Å²) in [5, 5.41) is 8.69. The maximum absolute atomic E-state index is 11.1. The third kappa shape index (κ3) is 2.28. The summed E-state index contributed by atoms with van der Waals surface area (Å²) >= 11 is 3.12. The lowest BCUT2D eigenvalue weighted by molar-refractivity contribution is 0.303. The van der Waals surface area contributed by atoms with Gasteiger partial charge in [0, 0.05) is 13.6 Å². The number of nitrogens with one attached hydrogen (secondary N) is 1. The van der Waals surface area contributed by atoms with Gasteiger partial charge in [-0.25, -0.2) is 4.98 Å². The third-order valence-corrected chi connectivity index (χ3v) is 2.29. The second-order valence-electron chi connectivity index (χ2n) is 2.51. The molecule has 0 radical (unpaired) electrons. The van der Waals surface area contributed by atoms with E-state index in [1.54, 1.807) is 11.9 Å². The molecule has 0 spiro atoms. The summed E-state index contributed by atoms with van der Waals surface area (Å²) < 4.78 is 0.381. The Balaban J connectivity index is 3.00. The number of hydrogen-bond donors (Lipinski definition) is 2. The number of likely N-dealkylation sites (N-methyl/N-ethyl adjacent to an activating group) is 1. The first-order valence-electron chi connectivity index (χ1n) is 3.72. The van der Waals surface area contributed by atoms with Crippen LogP contribution in [0.3, 0.4) is 0 Å². The van der Waals surface area contributed by atoms with Crippen molar-refractivity contribution in [1.82, 2.24) is 9.97 Å². The van der Waals surface area contributed by atoms with Crippen LogP contribution in [0.4, 0.5) is 5.82 Å². The number of aliphatic hydroxyl groups excluding tert-OH is 1. The molecule has 0 aliphatic heterocycles. The van der Waals surface area contributed by atoms with Crippen molar-refractivity contribution in [2.75, 3.05) is 25.1 Å². The van der Waals surface area contributed by atoms with Gasteiger partial charge in [-0.1, -0.05) is 0 Å². The first-order valence-corrected chi connectivity index (χ1v) is 4.51. The van der Waals surface area contributed by atoms with Crippen molar-refractivity contribution >= 4 is 21.7 Å². The number of aromatic nitrogens is 2. The van der Waals surface area contributed by atoms with Gasteiger partial charge in [0.1, 0.15) is 10.3 Å². The number of halogens is 1. The normalized spacial score (nSPS) is 10.1. The molecular weight excluding hydrogens is 238 g/mol. The topological polar surface area (TPSA) is 69.2 Å². The van der Waals surface area contributed by atoms with Crippen molar-refractivity contribution < 1.29 is 5.11 Å². The smallest absolute Gasteiger partial charge is 0.267 e. The highest BCUT2D eigenvalue weighted by Gasteiger charge is 2.08. The molecule has 0 saturated heterocycles. The molecule has 1 rings (SSSR count). The number of H-pyrrole nitrogens is 1. The lowest BCUT2D eigenvalue weighted by Crippen LogP contribution is -2.25. The van der Waals surface area contributed by atoms with Crippen molar-refractivity contribution in [2.24, 2.45) is 0 Å². The van der Waals surface area contributed by atoms with Gasteiger partial charge in [-0.3, -0.25) is 4.79 Å². The molecule has 0 saturated carbocycles. The number of aromatic amines is 1. The van der Waals surface area contributed by atoms with Gasteiger partial charge in [0.05, 0.1) is 12.9 Å². The largest absolute Gasteiger partial charge is 0.395 e. The van der Waals surface area contributed by atoms with Gasteiger partial charge in [-0.15, -0.1) is 0 Å². The maximum Gasteiger partial charge on any atom is 0.267 e. The number of aliphatic hydroxyl groups is 1. The maximum atomic E-state index is 11.1.